The van der Waals surface area contributed by atoms with E-state index in [0.717, 1.165) is 37.0 Å². The standard InChI is InChI=1S/C21H26N2O4S2/c1-15-14-28-20-10-9-18(12-19(20)22-21(15)24)29(25,26)23(13-17-8-5-11-27-17)16-6-3-2-4-7-16/h5,8-12,15-16H,2-4,6-7,13-14H2,1H3,(H,22,24)/t15-/m0/s1. The minimum atomic E-state index is -3.74. The van der Waals surface area contributed by atoms with E-state index in [2.05, 4.69) is 5.32 Å². The second-order valence-corrected chi connectivity index (χ2v) is 10.7. The molecule has 0 bridgehead atoms. The van der Waals surface area contributed by atoms with Gasteiger partial charge in [-0.25, -0.2) is 8.42 Å². The van der Waals surface area contributed by atoms with Crippen LogP contribution in [0, 0.1) is 5.92 Å². The quantitative estimate of drug-likeness (QED) is 0.750. The van der Waals surface area contributed by atoms with E-state index in [0.29, 0.717) is 17.2 Å². The van der Waals surface area contributed by atoms with Crippen molar-refractivity contribution in [3.63, 3.8) is 0 Å². The fourth-order valence-corrected chi connectivity index (χ4v) is 6.60. The van der Waals surface area contributed by atoms with Crippen LogP contribution in [0.25, 0.3) is 0 Å². The Morgan fingerprint density at radius 1 is 1.21 bits per heavy atom. The van der Waals surface area contributed by atoms with Crippen molar-refractivity contribution in [3.8, 4) is 0 Å². The third kappa shape index (κ3) is 4.39. The Balaban J connectivity index is 1.68. The smallest absolute Gasteiger partial charge is 0.243 e. The van der Waals surface area contributed by atoms with Crippen molar-refractivity contribution in [2.75, 3.05) is 11.1 Å². The van der Waals surface area contributed by atoms with E-state index in [9.17, 15) is 13.2 Å². The molecule has 1 aromatic heterocycles. The molecule has 2 aromatic rings. The lowest BCUT2D eigenvalue weighted by Gasteiger charge is -2.33. The Labute approximate surface area is 176 Å². The molecule has 1 saturated carbocycles. The number of anilines is 1. The van der Waals surface area contributed by atoms with Crippen molar-refractivity contribution in [1.29, 1.82) is 0 Å². The van der Waals surface area contributed by atoms with Crippen molar-refractivity contribution < 1.29 is 17.6 Å². The Morgan fingerprint density at radius 3 is 2.72 bits per heavy atom. The minimum absolute atomic E-state index is 0.0401. The zero-order chi connectivity index (χ0) is 20.4. The molecule has 156 valence electrons. The summed E-state index contributed by atoms with van der Waals surface area (Å²) < 4.78 is 34.3. The summed E-state index contributed by atoms with van der Waals surface area (Å²) in [7, 11) is -3.74. The van der Waals surface area contributed by atoms with E-state index in [1.807, 2.05) is 6.92 Å². The van der Waals surface area contributed by atoms with Crippen LogP contribution < -0.4 is 5.32 Å². The molecular weight excluding hydrogens is 408 g/mol. The molecule has 1 amide bonds. The first-order valence-corrected chi connectivity index (χ1v) is 12.5. The molecule has 1 aliphatic carbocycles. The molecule has 0 saturated heterocycles. The number of carbonyl (C=O) groups excluding carboxylic acids is 1. The summed E-state index contributed by atoms with van der Waals surface area (Å²) in [5.41, 5.74) is 0.576. The summed E-state index contributed by atoms with van der Waals surface area (Å²) in [6.45, 7) is 2.09. The van der Waals surface area contributed by atoms with E-state index in [1.165, 1.54) is 0 Å². The van der Waals surface area contributed by atoms with Gasteiger partial charge in [-0.05, 0) is 43.2 Å². The van der Waals surface area contributed by atoms with E-state index < -0.39 is 10.0 Å². The van der Waals surface area contributed by atoms with Crippen LogP contribution in [0.4, 0.5) is 5.69 Å². The average molecular weight is 435 g/mol. The van der Waals surface area contributed by atoms with Crippen molar-refractivity contribution >= 4 is 33.4 Å². The zero-order valence-corrected chi connectivity index (χ0v) is 18.1. The first-order chi connectivity index (χ1) is 13.9. The van der Waals surface area contributed by atoms with Gasteiger partial charge in [-0.3, -0.25) is 4.79 Å². The molecule has 2 aliphatic rings. The molecule has 6 nitrogen and oxygen atoms in total. The van der Waals surface area contributed by atoms with Gasteiger partial charge >= 0.3 is 0 Å². The third-order valence-corrected chi connectivity index (χ3v) is 8.85. The predicted octanol–water partition coefficient (Wildman–Crippen LogP) is 4.48. The molecule has 1 aromatic carbocycles. The van der Waals surface area contributed by atoms with E-state index in [4.69, 9.17) is 4.42 Å². The molecular formula is C21H26N2O4S2. The third-order valence-electron chi connectivity index (χ3n) is 5.63. The number of rotatable bonds is 5. The molecule has 1 N–H and O–H groups in total. The Kier molecular flexibility index (Phi) is 6.03. The number of amides is 1. The van der Waals surface area contributed by atoms with Crippen molar-refractivity contribution in [3.05, 3.63) is 42.4 Å². The van der Waals surface area contributed by atoms with E-state index in [1.54, 1.807) is 52.7 Å². The minimum Gasteiger partial charge on any atom is -0.468 e. The highest BCUT2D eigenvalue weighted by Crippen LogP contribution is 2.36. The van der Waals surface area contributed by atoms with Crippen LogP contribution >= 0.6 is 11.8 Å². The highest BCUT2D eigenvalue weighted by atomic mass is 32.2. The highest BCUT2D eigenvalue weighted by molar-refractivity contribution is 7.99. The zero-order valence-electron chi connectivity index (χ0n) is 16.5. The van der Waals surface area contributed by atoms with Gasteiger partial charge in [0.25, 0.3) is 0 Å². The average Bonchev–Trinajstić information content (AvgIpc) is 3.19. The molecule has 1 atom stereocenters. The maximum absolute atomic E-state index is 13.6. The summed E-state index contributed by atoms with van der Waals surface area (Å²) in [5, 5.41) is 2.89. The van der Waals surface area contributed by atoms with Crippen LogP contribution in [0.5, 0.6) is 0 Å². The van der Waals surface area contributed by atoms with Crippen LogP contribution in [0.2, 0.25) is 0 Å². The number of hydrogen-bond acceptors (Lipinski definition) is 5. The van der Waals surface area contributed by atoms with Crippen LogP contribution in [-0.2, 0) is 21.4 Å². The monoisotopic (exact) mass is 434 g/mol. The maximum Gasteiger partial charge on any atom is 0.243 e. The summed E-state index contributed by atoms with van der Waals surface area (Å²) in [4.78, 5) is 13.3. The Morgan fingerprint density at radius 2 is 2.00 bits per heavy atom. The Bertz CT molecular complexity index is 967. The number of furan rings is 1. The second-order valence-electron chi connectivity index (χ2n) is 7.78. The molecule has 0 spiro atoms. The number of nitrogens with zero attached hydrogens (tertiary/aromatic N) is 1. The van der Waals surface area contributed by atoms with Crippen LogP contribution in [0.15, 0.2) is 50.8 Å². The first kappa shape index (κ1) is 20.5. The van der Waals surface area contributed by atoms with Gasteiger partial charge in [0.1, 0.15) is 5.76 Å². The summed E-state index contributed by atoms with van der Waals surface area (Å²) in [5.74, 6) is 1.11. The summed E-state index contributed by atoms with van der Waals surface area (Å²) in [6.07, 6.45) is 6.49. The fourth-order valence-electron chi connectivity index (χ4n) is 3.91. The number of fused-ring (bicyclic) bond motifs is 1. The first-order valence-electron chi connectivity index (χ1n) is 10.1. The van der Waals surface area contributed by atoms with E-state index >= 15 is 0 Å². The molecule has 29 heavy (non-hydrogen) atoms. The van der Waals surface area contributed by atoms with Gasteiger partial charge in [-0.2, -0.15) is 4.31 Å². The lowest BCUT2D eigenvalue weighted by Crippen LogP contribution is -2.40. The van der Waals surface area contributed by atoms with Crippen molar-refractivity contribution in [2.24, 2.45) is 5.92 Å². The molecule has 4 rings (SSSR count). The number of hydrogen-bond donors (Lipinski definition) is 1. The maximum atomic E-state index is 13.6. The lowest BCUT2D eigenvalue weighted by molar-refractivity contribution is -0.118. The molecule has 1 fully saturated rings. The van der Waals surface area contributed by atoms with Gasteiger partial charge in [0.05, 0.1) is 23.4 Å². The number of thioether (sulfide) groups is 1. The van der Waals surface area contributed by atoms with Crippen molar-refractivity contribution in [2.45, 2.75) is 61.4 Å². The molecule has 0 radical (unpaired) electrons. The van der Waals surface area contributed by atoms with Gasteiger partial charge in [0, 0.05) is 22.6 Å². The van der Waals surface area contributed by atoms with Gasteiger partial charge < -0.3 is 9.73 Å². The second kappa shape index (κ2) is 8.53. The van der Waals surface area contributed by atoms with E-state index in [-0.39, 0.29) is 29.3 Å². The number of nitrogens with one attached hydrogen (secondary N) is 1. The lowest BCUT2D eigenvalue weighted by atomic mass is 9.95. The van der Waals surface area contributed by atoms with Crippen molar-refractivity contribution in [1.82, 2.24) is 4.31 Å². The van der Waals surface area contributed by atoms with Gasteiger partial charge in [0.2, 0.25) is 15.9 Å². The molecule has 1 aliphatic heterocycles. The van der Waals surface area contributed by atoms with Crippen LogP contribution in [0.1, 0.15) is 44.8 Å². The number of carbonyl (C=O) groups is 1. The molecule has 8 heteroatoms. The van der Waals surface area contributed by atoms with Crippen LogP contribution in [0.3, 0.4) is 0 Å². The van der Waals surface area contributed by atoms with Crippen LogP contribution in [-0.4, -0.2) is 30.4 Å². The molecule has 2 heterocycles. The largest absolute Gasteiger partial charge is 0.468 e. The molecule has 0 unspecified atom stereocenters. The van der Waals surface area contributed by atoms with Gasteiger partial charge in [0.15, 0.2) is 0 Å². The normalized spacial score (nSPS) is 20.9. The summed E-state index contributed by atoms with van der Waals surface area (Å²) in [6, 6.07) is 8.60. The topological polar surface area (TPSA) is 79.6 Å². The number of benzene rings is 1. The fraction of sp³-hybridized carbons (Fsp3) is 0.476. The predicted molar refractivity (Wildman–Crippen MR) is 113 cm³/mol. The van der Waals surface area contributed by atoms with Gasteiger partial charge in [-0.1, -0.05) is 26.2 Å². The highest BCUT2D eigenvalue weighted by Gasteiger charge is 2.34. The Hall–Kier alpha value is -1.77. The SMILES string of the molecule is C[C@H]1CSc2ccc(S(=O)(=O)N(Cc3ccco3)C3CCCCC3)cc2NC1=O. The summed E-state index contributed by atoms with van der Waals surface area (Å²) >= 11 is 1.57. The number of sulfonamides is 1. The van der Waals surface area contributed by atoms with Gasteiger partial charge in [-0.15, -0.1) is 11.8 Å².